The van der Waals surface area contributed by atoms with Crippen LogP contribution in [0.15, 0.2) is 0 Å². The maximum atomic E-state index is 12.3. The summed E-state index contributed by atoms with van der Waals surface area (Å²) in [6.45, 7) is 4.46. The quantitative estimate of drug-likeness (QED) is 0.721. The molecule has 106 valence electrons. The fraction of sp³-hybridized carbons (Fsp3) is 1.00. The first-order chi connectivity index (χ1) is 8.65. The zero-order chi connectivity index (χ0) is 13.0. The van der Waals surface area contributed by atoms with Gasteiger partial charge in [0.2, 0.25) is 10.0 Å². The fourth-order valence-corrected chi connectivity index (χ4v) is 4.61. The van der Waals surface area contributed by atoms with Crippen molar-refractivity contribution < 1.29 is 13.2 Å². The number of hydrogen-bond acceptors (Lipinski definition) is 4. The van der Waals surface area contributed by atoms with Crippen LogP contribution >= 0.6 is 0 Å². The van der Waals surface area contributed by atoms with E-state index in [0.717, 1.165) is 32.2 Å². The molecule has 0 aromatic heterocycles. The van der Waals surface area contributed by atoms with E-state index >= 15 is 0 Å². The van der Waals surface area contributed by atoms with Crippen molar-refractivity contribution in [2.75, 3.05) is 32.1 Å². The van der Waals surface area contributed by atoms with Gasteiger partial charge in [0.15, 0.2) is 0 Å². The Morgan fingerprint density at radius 2 is 2.17 bits per heavy atom. The summed E-state index contributed by atoms with van der Waals surface area (Å²) < 4.78 is 31.5. The van der Waals surface area contributed by atoms with Crippen LogP contribution in [0.25, 0.3) is 0 Å². The second-order valence-corrected chi connectivity index (χ2v) is 7.08. The van der Waals surface area contributed by atoms with E-state index in [1.54, 1.807) is 4.31 Å². The number of nitrogens with zero attached hydrogens (tertiary/aromatic N) is 1. The first kappa shape index (κ1) is 14.2. The third kappa shape index (κ3) is 3.23. The Labute approximate surface area is 110 Å². The van der Waals surface area contributed by atoms with E-state index in [1.807, 2.05) is 6.92 Å². The van der Waals surface area contributed by atoms with Crippen LogP contribution in [-0.4, -0.2) is 56.9 Å². The van der Waals surface area contributed by atoms with Crippen LogP contribution in [0.4, 0.5) is 0 Å². The molecule has 0 spiro atoms. The van der Waals surface area contributed by atoms with Crippen LogP contribution in [0.2, 0.25) is 0 Å². The van der Waals surface area contributed by atoms with E-state index in [0.29, 0.717) is 25.8 Å². The first-order valence-corrected chi connectivity index (χ1v) is 8.56. The number of nitrogens with one attached hydrogen (secondary N) is 1. The lowest BCUT2D eigenvalue weighted by Gasteiger charge is -2.28. The van der Waals surface area contributed by atoms with Crippen molar-refractivity contribution in [3.8, 4) is 0 Å². The zero-order valence-corrected chi connectivity index (χ0v) is 11.9. The summed E-state index contributed by atoms with van der Waals surface area (Å²) in [7, 11) is -3.15. The van der Waals surface area contributed by atoms with E-state index in [9.17, 15) is 8.42 Å². The van der Waals surface area contributed by atoms with E-state index in [2.05, 4.69) is 5.32 Å². The molecule has 0 radical (unpaired) electrons. The second kappa shape index (κ2) is 6.32. The largest absolute Gasteiger partial charge is 0.381 e. The van der Waals surface area contributed by atoms with Gasteiger partial charge in [-0.05, 0) is 39.2 Å². The van der Waals surface area contributed by atoms with Crippen molar-refractivity contribution in [3.63, 3.8) is 0 Å². The molecule has 2 heterocycles. The van der Waals surface area contributed by atoms with Gasteiger partial charge in [-0.25, -0.2) is 8.42 Å². The Kier molecular flexibility index (Phi) is 5.00. The maximum Gasteiger partial charge on any atom is 0.216 e. The molecular formula is C12H24N2O3S. The molecule has 2 aliphatic heterocycles. The number of hydrogen-bond donors (Lipinski definition) is 1. The zero-order valence-electron chi connectivity index (χ0n) is 11.1. The van der Waals surface area contributed by atoms with Gasteiger partial charge in [0.25, 0.3) is 0 Å². The van der Waals surface area contributed by atoms with E-state index < -0.39 is 10.0 Å². The summed E-state index contributed by atoms with van der Waals surface area (Å²) in [5.41, 5.74) is 0. The monoisotopic (exact) mass is 276 g/mol. The van der Waals surface area contributed by atoms with Crippen molar-refractivity contribution in [1.29, 1.82) is 0 Å². The highest BCUT2D eigenvalue weighted by atomic mass is 32.2. The highest BCUT2D eigenvalue weighted by Crippen LogP contribution is 2.27. The molecule has 1 N–H and O–H groups in total. The molecule has 5 nitrogen and oxygen atoms in total. The van der Waals surface area contributed by atoms with Crippen molar-refractivity contribution in [3.05, 3.63) is 0 Å². The predicted molar refractivity (Wildman–Crippen MR) is 71.0 cm³/mol. The van der Waals surface area contributed by atoms with Gasteiger partial charge in [-0.3, -0.25) is 0 Å². The molecule has 2 fully saturated rings. The van der Waals surface area contributed by atoms with E-state index in [-0.39, 0.29) is 11.8 Å². The Morgan fingerprint density at radius 1 is 1.33 bits per heavy atom. The van der Waals surface area contributed by atoms with Gasteiger partial charge >= 0.3 is 0 Å². The van der Waals surface area contributed by atoms with Gasteiger partial charge in [-0.15, -0.1) is 0 Å². The van der Waals surface area contributed by atoms with Crippen LogP contribution < -0.4 is 5.32 Å². The SMILES string of the molecule is CCOCCS(=O)(=O)N1CCCC1C1CCCN1. The van der Waals surface area contributed by atoms with Crippen molar-refractivity contribution in [1.82, 2.24) is 9.62 Å². The average molecular weight is 276 g/mol. The number of sulfonamides is 1. The molecule has 0 aromatic rings. The molecule has 0 bridgehead atoms. The standard InChI is InChI=1S/C12H24N2O3S/c1-2-17-9-10-18(15,16)14-8-4-6-12(14)11-5-3-7-13-11/h11-13H,2-10H2,1H3. The summed E-state index contributed by atoms with van der Waals surface area (Å²) in [6.07, 6.45) is 4.23. The van der Waals surface area contributed by atoms with Gasteiger partial charge in [-0.1, -0.05) is 0 Å². The van der Waals surface area contributed by atoms with Gasteiger partial charge in [-0.2, -0.15) is 4.31 Å². The third-order valence-electron chi connectivity index (χ3n) is 3.86. The van der Waals surface area contributed by atoms with Crippen molar-refractivity contribution >= 4 is 10.0 Å². The van der Waals surface area contributed by atoms with Gasteiger partial charge in [0, 0.05) is 25.2 Å². The third-order valence-corrected chi connectivity index (χ3v) is 5.71. The van der Waals surface area contributed by atoms with Crippen LogP contribution in [0.1, 0.15) is 32.6 Å². The van der Waals surface area contributed by atoms with Gasteiger partial charge in [0.1, 0.15) is 0 Å². The minimum Gasteiger partial charge on any atom is -0.381 e. The predicted octanol–water partition coefficient (Wildman–Crippen LogP) is 0.569. The fourth-order valence-electron chi connectivity index (χ4n) is 2.98. The highest BCUT2D eigenvalue weighted by molar-refractivity contribution is 7.89. The number of ether oxygens (including phenoxy) is 1. The molecular weight excluding hydrogens is 252 g/mol. The molecule has 0 amide bonds. The lowest BCUT2D eigenvalue weighted by molar-refractivity contribution is 0.162. The van der Waals surface area contributed by atoms with Gasteiger partial charge in [0.05, 0.1) is 12.4 Å². The lowest BCUT2D eigenvalue weighted by Crippen LogP contribution is -2.47. The molecule has 0 saturated carbocycles. The second-order valence-electron chi connectivity index (χ2n) is 5.04. The van der Waals surface area contributed by atoms with Crippen LogP contribution in [0, 0.1) is 0 Å². The van der Waals surface area contributed by atoms with Crippen LogP contribution in [0.3, 0.4) is 0 Å². The van der Waals surface area contributed by atoms with Gasteiger partial charge < -0.3 is 10.1 Å². The van der Waals surface area contributed by atoms with Crippen molar-refractivity contribution in [2.45, 2.75) is 44.7 Å². The number of rotatable bonds is 6. The Balaban J connectivity index is 1.96. The average Bonchev–Trinajstić information content (AvgIpc) is 3.00. The molecule has 6 heteroatoms. The Bertz CT molecular complexity index is 352. The summed E-state index contributed by atoms with van der Waals surface area (Å²) >= 11 is 0. The summed E-state index contributed by atoms with van der Waals surface area (Å²) in [5, 5.41) is 3.43. The van der Waals surface area contributed by atoms with Crippen LogP contribution in [-0.2, 0) is 14.8 Å². The Hall–Kier alpha value is -0.170. The first-order valence-electron chi connectivity index (χ1n) is 6.96. The molecule has 18 heavy (non-hydrogen) atoms. The Morgan fingerprint density at radius 3 is 2.83 bits per heavy atom. The molecule has 0 aliphatic carbocycles. The van der Waals surface area contributed by atoms with Crippen molar-refractivity contribution in [2.24, 2.45) is 0 Å². The maximum absolute atomic E-state index is 12.3. The van der Waals surface area contributed by atoms with E-state index in [1.165, 1.54) is 0 Å². The van der Waals surface area contributed by atoms with E-state index in [4.69, 9.17) is 4.74 Å². The molecule has 2 aliphatic rings. The summed E-state index contributed by atoms with van der Waals surface area (Å²) in [4.78, 5) is 0. The molecule has 2 saturated heterocycles. The molecule has 2 atom stereocenters. The minimum absolute atomic E-state index is 0.115. The lowest BCUT2D eigenvalue weighted by atomic mass is 10.1. The van der Waals surface area contributed by atoms with Crippen LogP contribution in [0.5, 0.6) is 0 Å². The summed E-state index contributed by atoms with van der Waals surface area (Å²) in [6, 6.07) is 0.522. The minimum atomic E-state index is -3.15. The smallest absolute Gasteiger partial charge is 0.216 e. The molecule has 2 rings (SSSR count). The molecule has 0 aromatic carbocycles. The molecule has 2 unspecified atom stereocenters. The highest BCUT2D eigenvalue weighted by Gasteiger charge is 2.39. The summed E-state index contributed by atoms with van der Waals surface area (Å²) in [5.74, 6) is 0.115. The normalized spacial score (nSPS) is 30.1. The topological polar surface area (TPSA) is 58.6 Å².